The van der Waals surface area contributed by atoms with Crippen molar-refractivity contribution in [3.63, 3.8) is 0 Å². The maximum absolute atomic E-state index is 13.4. The van der Waals surface area contributed by atoms with Crippen molar-refractivity contribution < 1.29 is 14.3 Å². The van der Waals surface area contributed by atoms with E-state index < -0.39 is 0 Å². The second-order valence-corrected chi connectivity index (χ2v) is 8.05. The number of ether oxygens (including phenoxy) is 2. The molecule has 2 amide bonds. The van der Waals surface area contributed by atoms with Crippen molar-refractivity contribution in [3.05, 3.63) is 99.8 Å². The first-order valence-electron chi connectivity index (χ1n) is 10.9. The van der Waals surface area contributed by atoms with Crippen molar-refractivity contribution in [2.75, 3.05) is 19.5 Å². The molecule has 0 fully saturated rings. The van der Waals surface area contributed by atoms with E-state index in [1.54, 1.807) is 31.3 Å². The fourth-order valence-electron chi connectivity index (χ4n) is 3.78. The molecule has 7 heteroatoms. The fraction of sp³-hybridized carbons (Fsp3) is 0.185. The number of para-hydroxylation sites is 2. The highest BCUT2D eigenvalue weighted by molar-refractivity contribution is 5.91. The van der Waals surface area contributed by atoms with Crippen molar-refractivity contribution in [2.45, 2.75) is 20.0 Å². The third kappa shape index (κ3) is 5.20. The summed E-state index contributed by atoms with van der Waals surface area (Å²) in [5.74, 6) is 1.29. The average molecular weight is 458 g/mol. The maximum atomic E-state index is 13.4. The molecule has 0 aliphatic heterocycles. The number of nitrogens with one attached hydrogen (secondary N) is 2. The summed E-state index contributed by atoms with van der Waals surface area (Å²) in [6.07, 6.45) is 0. The first-order valence-corrected chi connectivity index (χ1v) is 10.9. The third-order valence-corrected chi connectivity index (χ3v) is 5.61. The second kappa shape index (κ2) is 10.1. The molecule has 4 rings (SSSR count). The lowest BCUT2D eigenvalue weighted by molar-refractivity contribution is 0.206. The number of carbonyl (C=O) groups excluding carboxylic acids is 1. The number of H-pyrrole nitrogens is 1. The summed E-state index contributed by atoms with van der Waals surface area (Å²) < 4.78 is 10.6. The Morgan fingerprint density at radius 3 is 2.44 bits per heavy atom. The van der Waals surface area contributed by atoms with Gasteiger partial charge in [0.1, 0.15) is 11.5 Å². The number of aryl methyl sites for hydroxylation is 1. The summed E-state index contributed by atoms with van der Waals surface area (Å²) in [5, 5.41) is 3.83. The Hall–Kier alpha value is -4.26. The van der Waals surface area contributed by atoms with Gasteiger partial charge in [-0.05, 0) is 59.8 Å². The lowest BCUT2D eigenvalue weighted by atomic mass is 10.1. The number of hydrogen-bond donors (Lipinski definition) is 2. The molecule has 1 aromatic heterocycles. The van der Waals surface area contributed by atoms with Gasteiger partial charge in [0.25, 0.3) is 5.56 Å². The van der Waals surface area contributed by atoms with Gasteiger partial charge in [-0.2, -0.15) is 0 Å². The number of methoxy groups -OCH3 is 2. The van der Waals surface area contributed by atoms with Crippen molar-refractivity contribution in [1.29, 1.82) is 0 Å². The third-order valence-electron chi connectivity index (χ3n) is 5.61. The molecule has 0 radical (unpaired) electrons. The van der Waals surface area contributed by atoms with Gasteiger partial charge >= 0.3 is 6.03 Å². The standard InChI is InChI=1S/C27H27N3O4/c1-18-8-11-20-15-21(26(31)28-24(20)14-18)17-30(16-19-9-12-22(33-2)13-10-19)27(32)29-23-6-4-5-7-25(23)34-3/h4-15H,16-17H2,1-3H3,(H,28,31)(H,29,32). The number of urea groups is 1. The molecule has 3 aromatic carbocycles. The van der Waals surface area contributed by atoms with Crippen LogP contribution in [0.25, 0.3) is 10.9 Å². The van der Waals surface area contributed by atoms with Gasteiger partial charge in [-0.1, -0.05) is 36.4 Å². The first-order chi connectivity index (χ1) is 16.5. The quantitative estimate of drug-likeness (QED) is 0.405. The number of rotatable bonds is 7. The molecule has 7 nitrogen and oxygen atoms in total. The number of nitrogens with zero attached hydrogens (tertiary/aromatic N) is 1. The van der Waals surface area contributed by atoms with E-state index in [0.29, 0.717) is 23.5 Å². The van der Waals surface area contributed by atoms with Crippen LogP contribution in [0.1, 0.15) is 16.7 Å². The van der Waals surface area contributed by atoms with E-state index in [-0.39, 0.29) is 18.1 Å². The lowest BCUT2D eigenvalue weighted by Crippen LogP contribution is -2.35. The number of hydrogen-bond acceptors (Lipinski definition) is 4. The Labute approximate surface area is 197 Å². The molecule has 2 N–H and O–H groups in total. The number of carbonyl (C=O) groups is 1. The van der Waals surface area contributed by atoms with E-state index in [4.69, 9.17) is 9.47 Å². The zero-order valence-electron chi connectivity index (χ0n) is 19.4. The van der Waals surface area contributed by atoms with Gasteiger partial charge in [-0.15, -0.1) is 0 Å². The van der Waals surface area contributed by atoms with Crippen LogP contribution in [-0.2, 0) is 13.1 Å². The molecule has 0 unspecified atom stereocenters. The van der Waals surface area contributed by atoms with Crippen LogP contribution in [0, 0.1) is 6.92 Å². The van der Waals surface area contributed by atoms with Crippen LogP contribution >= 0.6 is 0 Å². The molecule has 174 valence electrons. The molecule has 0 aliphatic rings. The molecule has 34 heavy (non-hydrogen) atoms. The zero-order valence-corrected chi connectivity index (χ0v) is 19.4. The Balaban J connectivity index is 1.65. The highest BCUT2D eigenvalue weighted by Crippen LogP contribution is 2.24. The van der Waals surface area contributed by atoms with Crippen LogP contribution in [0.3, 0.4) is 0 Å². The predicted octanol–water partition coefficient (Wildman–Crippen LogP) is 5.09. The Morgan fingerprint density at radius 2 is 1.71 bits per heavy atom. The van der Waals surface area contributed by atoms with Gasteiger partial charge in [-0.25, -0.2) is 4.79 Å². The summed E-state index contributed by atoms with van der Waals surface area (Å²) in [6, 6.07) is 22.1. The van der Waals surface area contributed by atoms with Gasteiger partial charge in [0.05, 0.1) is 26.5 Å². The van der Waals surface area contributed by atoms with Crippen LogP contribution in [-0.4, -0.2) is 30.1 Å². The molecule has 0 bridgehead atoms. The number of pyridine rings is 1. The SMILES string of the molecule is COc1ccc(CN(Cc2cc3ccc(C)cc3[nH]c2=O)C(=O)Nc2ccccc2OC)cc1. The summed E-state index contributed by atoms with van der Waals surface area (Å²) >= 11 is 0. The molecule has 1 heterocycles. The number of amides is 2. The molecule has 0 spiro atoms. The first kappa shape index (κ1) is 22.9. The highest BCUT2D eigenvalue weighted by atomic mass is 16.5. The van der Waals surface area contributed by atoms with Crippen molar-refractivity contribution in [1.82, 2.24) is 9.88 Å². The van der Waals surface area contributed by atoms with E-state index >= 15 is 0 Å². The molecule has 0 saturated carbocycles. The largest absolute Gasteiger partial charge is 0.497 e. The monoisotopic (exact) mass is 457 g/mol. The van der Waals surface area contributed by atoms with Crippen LogP contribution in [0.4, 0.5) is 10.5 Å². The fourth-order valence-corrected chi connectivity index (χ4v) is 3.78. The minimum Gasteiger partial charge on any atom is -0.497 e. The Kier molecular flexibility index (Phi) is 6.82. The van der Waals surface area contributed by atoms with E-state index in [2.05, 4.69) is 10.3 Å². The molecule has 0 saturated heterocycles. The van der Waals surface area contributed by atoms with E-state index in [0.717, 1.165) is 27.8 Å². The number of fused-ring (bicyclic) bond motifs is 1. The topological polar surface area (TPSA) is 83.7 Å². The zero-order chi connectivity index (χ0) is 24.1. The van der Waals surface area contributed by atoms with Gasteiger partial charge < -0.3 is 24.7 Å². The molecule has 0 atom stereocenters. The van der Waals surface area contributed by atoms with Crippen molar-refractivity contribution in [3.8, 4) is 11.5 Å². The number of anilines is 1. The van der Waals surface area contributed by atoms with Gasteiger partial charge in [0.2, 0.25) is 0 Å². The summed E-state index contributed by atoms with van der Waals surface area (Å²) in [7, 11) is 3.16. The minimum atomic E-state index is -0.344. The van der Waals surface area contributed by atoms with Crippen LogP contribution in [0.5, 0.6) is 11.5 Å². The van der Waals surface area contributed by atoms with Crippen LogP contribution < -0.4 is 20.3 Å². The van der Waals surface area contributed by atoms with Crippen LogP contribution in [0.15, 0.2) is 77.6 Å². The summed E-state index contributed by atoms with van der Waals surface area (Å²) in [6.45, 7) is 2.41. The lowest BCUT2D eigenvalue weighted by Gasteiger charge is -2.24. The molecular weight excluding hydrogens is 430 g/mol. The second-order valence-electron chi connectivity index (χ2n) is 8.05. The minimum absolute atomic E-state index is 0.131. The number of benzene rings is 3. The van der Waals surface area contributed by atoms with Gasteiger partial charge in [0.15, 0.2) is 0 Å². The molecule has 4 aromatic rings. The molecule has 0 aliphatic carbocycles. The Morgan fingerprint density at radius 1 is 0.941 bits per heavy atom. The van der Waals surface area contributed by atoms with E-state index in [1.165, 1.54) is 0 Å². The molecular formula is C27H27N3O4. The van der Waals surface area contributed by atoms with Crippen molar-refractivity contribution >= 4 is 22.6 Å². The number of aromatic nitrogens is 1. The maximum Gasteiger partial charge on any atom is 0.322 e. The normalized spacial score (nSPS) is 10.7. The average Bonchev–Trinajstić information content (AvgIpc) is 2.84. The smallest absolute Gasteiger partial charge is 0.322 e. The highest BCUT2D eigenvalue weighted by Gasteiger charge is 2.18. The van der Waals surface area contributed by atoms with Gasteiger partial charge in [-0.3, -0.25) is 4.79 Å². The van der Waals surface area contributed by atoms with Gasteiger partial charge in [0, 0.05) is 17.6 Å². The van der Waals surface area contributed by atoms with E-state index in [1.807, 2.05) is 67.6 Å². The summed E-state index contributed by atoms with van der Waals surface area (Å²) in [5.41, 5.74) is 3.58. The predicted molar refractivity (Wildman–Crippen MR) is 134 cm³/mol. The van der Waals surface area contributed by atoms with E-state index in [9.17, 15) is 9.59 Å². The Bertz CT molecular complexity index is 1360. The summed E-state index contributed by atoms with van der Waals surface area (Å²) in [4.78, 5) is 30.7. The number of aromatic amines is 1. The van der Waals surface area contributed by atoms with Crippen LogP contribution in [0.2, 0.25) is 0 Å². The van der Waals surface area contributed by atoms with Crippen molar-refractivity contribution in [2.24, 2.45) is 0 Å².